The quantitative estimate of drug-likeness (QED) is 0.272. The molecule has 0 saturated heterocycles. The van der Waals surface area contributed by atoms with Crippen LogP contribution in [0.25, 0.3) is 0 Å². The van der Waals surface area contributed by atoms with Crippen molar-refractivity contribution in [3.63, 3.8) is 0 Å². The summed E-state index contributed by atoms with van der Waals surface area (Å²) in [7, 11) is -9.63. The molecule has 4 aromatic carbocycles. The summed E-state index contributed by atoms with van der Waals surface area (Å²) in [6, 6.07) is 18.2. The number of hydrogen-bond donors (Lipinski definition) is 1. The van der Waals surface area contributed by atoms with E-state index < -0.39 is 37.3 Å². The van der Waals surface area contributed by atoms with Gasteiger partial charge >= 0.3 is 0 Å². The predicted molar refractivity (Wildman–Crippen MR) is 151 cm³/mol. The summed E-state index contributed by atoms with van der Waals surface area (Å²) in [5, 5.41) is 0. The number of nitrogens with two attached hydrogens (primary N) is 1. The lowest BCUT2D eigenvalue weighted by Gasteiger charge is -2.28. The number of carbonyl (C=O) groups excluding carboxylic acids is 2. The van der Waals surface area contributed by atoms with E-state index in [4.69, 9.17) is 5.73 Å². The van der Waals surface area contributed by atoms with Crippen molar-refractivity contribution in [2.24, 2.45) is 0 Å². The van der Waals surface area contributed by atoms with E-state index in [-0.39, 0.29) is 41.4 Å². The molecule has 0 spiro atoms. The van der Waals surface area contributed by atoms with Crippen LogP contribution in [0.15, 0.2) is 93.1 Å². The molecule has 0 unspecified atom stereocenters. The first kappa shape index (κ1) is 26.8. The van der Waals surface area contributed by atoms with Gasteiger partial charge in [-0.25, -0.2) is 16.8 Å². The number of hydrogen-bond acceptors (Lipinski definition) is 7. The Morgan fingerprint density at radius 3 is 1.64 bits per heavy atom. The largest absolute Gasteiger partial charge is 0.397 e. The highest BCUT2D eigenvalue weighted by Crippen LogP contribution is 2.41. The molecular formula is C28H21BrN2O6S2. The Balaban J connectivity index is 1.84. The number of aryl methyl sites for hydroxylation is 2. The van der Waals surface area contributed by atoms with Crippen molar-refractivity contribution >= 4 is 58.9 Å². The normalized spacial score (nSPS) is 13.1. The smallest absolute Gasteiger partial charge is 0.277 e. The average molecular weight is 626 g/mol. The van der Waals surface area contributed by atoms with E-state index in [2.05, 4.69) is 15.9 Å². The van der Waals surface area contributed by atoms with Gasteiger partial charge in [-0.2, -0.15) is 3.71 Å². The van der Waals surface area contributed by atoms with Crippen molar-refractivity contribution < 1.29 is 26.4 Å². The van der Waals surface area contributed by atoms with Gasteiger partial charge in [-0.1, -0.05) is 47.5 Å². The number of nitrogen functional groups attached to an aromatic ring is 1. The Kier molecular flexibility index (Phi) is 6.48. The van der Waals surface area contributed by atoms with Crippen molar-refractivity contribution in [2.45, 2.75) is 23.6 Å². The molecule has 2 N–H and O–H groups in total. The second-order valence-electron chi connectivity index (χ2n) is 9.07. The van der Waals surface area contributed by atoms with Gasteiger partial charge in [-0.05, 0) is 72.2 Å². The van der Waals surface area contributed by atoms with Gasteiger partial charge in [-0.15, -0.1) is 0 Å². The minimum Gasteiger partial charge on any atom is -0.397 e. The Labute approximate surface area is 234 Å². The van der Waals surface area contributed by atoms with Crippen LogP contribution in [-0.4, -0.2) is 28.4 Å². The molecule has 0 bridgehead atoms. The number of carbonyl (C=O) groups is 2. The molecule has 0 atom stereocenters. The van der Waals surface area contributed by atoms with E-state index >= 15 is 0 Å². The van der Waals surface area contributed by atoms with Gasteiger partial charge in [0.2, 0.25) is 0 Å². The zero-order valence-electron chi connectivity index (χ0n) is 20.7. The lowest BCUT2D eigenvalue weighted by atomic mass is 9.82. The van der Waals surface area contributed by atoms with Crippen molar-refractivity contribution in [1.82, 2.24) is 0 Å². The summed E-state index contributed by atoms with van der Waals surface area (Å²) in [6.07, 6.45) is 0. The summed E-state index contributed by atoms with van der Waals surface area (Å²) in [4.78, 5) is 26.8. The minimum atomic E-state index is -4.82. The molecule has 0 fully saturated rings. The number of fused-ring (bicyclic) bond motifs is 2. The number of nitrogens with zero attached hydrogens (tertiary/aromatic N) is 1. The van der Waals surface area contributed by atoms with Crippen LogP contribution in [0.4, 0.5) is 11.4 Å². The van der Waals surface area contributed by atoms with Crippen LogP contribution in [0.3, 0.4) is 0 Å². The van der Waals surface area contributed by atoms with Gasteiger partial charge in [0.15, 0.2) is 11.6 Å². The topological polar surface area (TPSA) is 132 Å². The van der Waals surface area contributed by atoms with Crippen molar-refractivity contribution in [3.8, 4) is 0 Å². The zero-order chi connectivity index (χ0) is 28.3. The SMILES string of the molecule is Cc1ccc(S(=O)(=O)N(c2cccc3c2C(=O)c2c(ccc(Br)c2N)C3=O)S(=O)(=O)c2ccc(C)cc2)cc1. The number of rotatable bonds is 5. The van der Waals surface area contributed by atoms with Crippen molar-refractivity contribution in [2.75, 3.05) is 9.44 Å². The van der Waals surface area contributed by atoms with E-state index in [1.165, 1.54) is 78.9 Å². The van der Waals surface area contributed by atoms with Gasteiger partial charge in [0.1, 0.15) is 0 Å². The van der Waals surface area contributed by atoms with E-state index in [0.717, 1.165) is 11.1 Å². The third-order valence-electron chi connectivity index (χ3n) is 6.45. The second-order valence-corrected chi connectivity index (χ2v) is 13.7. The van der Waals surface area contributed by atoms with Crippen LogP contribution in [0, 0.1) is 13.8 Å². The predicted octanol–water partition coefficient (Wildman–Crippen LogP) is 5.01. The maximum Gasteiger partial charge on any atom is 0.277 e. The maximum atomic E-state index is 14.1. The van der Waals surface area contributed by atoms with Gasteiger partial charge < -0.3 is 5.73 Å². The third kappa shape index (κ3) is 4.26. The summed E-state index contributed by atoms with van der Waals surface area (Å²) in [5.74, 6) is -1.35. The maximum absolute atomic E-state index is 14.1. The molecule has 39 heavy (non-hydrogen) atoms. The lowest BCUT2D eigenvalue weighted by Crippen LogP contribution is -2.39. The van der Waals surface area contributed by atoms with Crippen LogP contribution in [0.2, 0.25) is 0 Å². The van der Waals surface area contributed by atoms with Gasteiger partial charge in [0.25, 0.3) is 20.0 Å². The highest BCUT2D eigenvalue weighted by Gasteiger charge is 2.42. The minimum absolute atomic E-state index is 0.0133. The Hall–Kier alpha value is -3.80. The van der Waals surface area contributed by atoms with Crippen LogP contribution in [-0.2, 0) is 20.0 Å². The second kappa shape index (κ2) is 9.44. The molecule has 0 aliphatic heterocycles. The van der Waals surface area contributed by atoms with Crippen molar-refractivity contribution in [1.29, 1.82) is 0 Å². The van der Waals surface area contributed by atoms with E-state index in [1.54, 1.807) is 13.8 Å². The van der Waals surface area contributed by atoms with Crippen molar-refractivity contribution in [3.05, 3.63) is 117 Å². The molecule has 0 saturated carbocycles. The first-order valence-electron chi connectivity index (χ1n) is 11.6. The highest BCUT2D eigenvalue weighted by molar-refractivity contribution is 9.10. The molecule has 1 aliphatic rings. The Bertz CT molecular complexity index is 1830. The van der Waals surface area contributed by atoms with Crippen LogP contribution >= 0.6 is 15.9 Å². The number of halogens is 1. The fourth-order valence-corrected chi connectivity index (χ4v) is 8.46. The van der Waals surface area contributed by atoms with Crippen LogP contribution < -0.4 is 9.44 Å². The molecule has 4 aromatic rings. The third-order valence-corrected chi connectivity index (χ3v) is 11.3. The molecule has 8 nitrogen and oxygen atoms in total. The van der Waals surface area contributed by atoms with E-state index in [1.807, 2.05) is 0 Å². The molecule has 1 aliphatic carbocycles. The number of anilines is 2. The fourth-order valence-electron chi connectivity index (χ4n) is 4.42. The number of ketones is 2. The molecule has 0 heterocycles. The molecule has 198 valence electrons. The summed E-state index contributed by atoms with van der Waals surface area (Å²) in [6.45, 7) is 3.52. The average Bonchev–Trinajstić information content (AvgIpc) is 2.89. The van der Waals surface area contributed by atoms with Gasteiger partial charge in [-0.3, -0.25) is 9.59 Å². The Morgan fingerprint density at radius 1 is 0.641 bits per heavy atom. The standard InChI is InChI=1S/C28H21BrN2O6S2/c1-16-6-10-18(11-7-16)38(34,35)31(39(36,37)19-12-8-17(2)9-13-19)23-5-3-4-20-24(23)28(33)25-21(27(20)32)14-15-22(29)26(25)30/h3-15H,30H2,1-2H3. The molecule has 0 radical (unpaired) electrons. The van der Waals surface area contributed by atoms with Crippen LogP contribution in [0.1, 0.15) is 43.0 Å². The highest BCUT2D eigenvalue weighted by atomic mass is 79.9. The monoisotopic (exact) mass is 624 g/mol. The molecule has 0 amide bonds. The Morgan fingerprint density at radius 2 is 1.13 bits per heavy atom. The van der Waals surface area contributed by atoms with Crippen LogP contribution in [0.5, 0.6) is 0 Å². The summed E-state index contributed by atoms with van der Waals surface area (Å²) < 4.78 is 57.0. The van der Waals surface area contributed by atoms with E-state index in [0.29, 0.717) is 4.47 Å². The van der Waals surface area contributed by atoms with Gasteiger partial charge in [0, 0.05) is 15.6 Å². The molecular weight excluding hydrogens is 604 g/mol. The molecule has 5 rings (SSSR count). The molecule has 0 aromatic heterocycles. The first-order chi connectivity index (χ1) is 18.4. The summed E-state index contributed by atoms with van der Waals surface area (Å²) >= 11 is 3.25. The fraction of sp³-hybridized carbons (Fsp3) is 0.0714. The lowest BCUT2D eigenvalue weighted by molar-refractivity contribution is 0.0980. The van der Waals surface area contributed by atoms with E-state index in [9.17, 15) is 26.4 Å². The first-order valence-corrected chi connectivity index (χ1v) is 15.3. The number of benzene rings is 4. The summed E-state index contributed by atoms with van der Waals surface area (Å²) in [5.41, 5.74) is 6.60. The number of sulfonamides is 2. The molecule has 11 heteroatoms. The van der Waals surface area contributed by atoms with Gasteiger partial charge in [0.05, 0.1) is 32.3 Å². The zero-order valence-corrected chi connectivity index (χ0v) is 23.9.